The van der Waals surface area contributed by atoms with Crippen molar-refractivity contribution in [3.05, 3.63) is 101 Å². The molecule has 0 saturated heterocycles. The Labute approximate surface area is 196 Å². The number of benzene rings is 3. The van der Waals surface area contributed by atoms with Gasteiger partial charge in [0.1, 0.15) is 11.9 Å². The van der Waals surface area contributed by atoms with Crippen LogP contribution < -0.4 is 4.74 Å². The van der Waals surface area contributed by atoms with Crippen molar-refractivity contribution in [2.75, 3.05) is 26.7 Å². The molecule has 172 valence electrons. The molecule has 0 bridgehead atoms. The van der Waals surface area contributed by atoms with E-state index in [0.717, 1.165) is 11.1 Å². The van der Waals surface area contributed by atoms with Crippen LogP contribution in [0.15, 0.2) is 78.9 Å². The van der Waals surface area contributed by atoms with E-state index < -0.39 is 0 Å². The lowest BCUT2D eigenvalue weighted by Gasteiger charge is -2.23. The zero-order chi connectivity index (χ0) is 23.6. The molecular formula is C28H31NO4. The maximum Gasteiger partial charge on any atom is 0.320 e. The summed E-state index contributed by atoms with van der Waals surface area (Å²) in [6.45, 7) is 5.09. The van der Waals surface area contributed by atoms with Gasteiger partial charge in [-0.05, 0) is 50.7 Å². The largest absolute Gasteiger partial charge is 0.486 e. The van der Waals surface area contributed by atoms with Gasteiger partial charge in [0.2, 0.25) is 0 Å². The van der Waals surface area contributed by atoms with Crippen LogP contribution >= 0.6 is 0 Å². The minimum Gasteiger partial charge on any atom is -0.486 e. The Balaban J connectivity index is 1.67. The topological polar surface area (TPSA) is 55.8 Å². The van der Waals surface area contributed by atoms with Gasteiger partial charge in [0.25, 0.3) is 0 Å². The minimum absolute atomic E-state index is 0.0123. The summed E-state index contributed by atoms with van der Waals surface area (Å²) < 4.78 is 11.3. The molecule has 3 rings (SSSR count). The molecule has 0 aromatic heterocycles. The number of ketones is 1. The van der Waals surface area contributed by atoms with E-state index in [2.05, 4.69) is 0 Å². The van der Waals surface area contributed by atoms with Crippen molar-refractivity contribution < 1.29 is 19.1 Å². The molecule has 0 heterocycles. The highest BCUT2D eigenvalue weighted by atomic mass is 16.5. The molecule has 0 aliphatic heterocycles. The van der Waals surface area contributed by atoms with Crippen molar-refractivity contribution >= 4 is 11.8 Å². The van der Waals surface area contributed by atoms with Crippen LogP contribution in [-0.4, -0.2) is 43.4 Å². The number of hydrogen-bond donors (Lipinski definition) is 0. The van der Waals surface area contributed by atoms with Crippen LogP contribution in [0.5, 0.6) is 5.75 Å². The van der Waals surface area contributed by atoms with Crippen LogP contribution in [0.4, 0.5) is 0 Å². The summed E-state index contributed by atoms with van der Waals surface area (Å²) >= 11 is 0. The van der Waals surface area contributed by atoms with Crippen LogP contribution in [0, 0.1) is 6.92 Å². The molecule has 1 unspecified atom stereocenters. The lowest BCUT2D eigenvalue weighted by atomic mass is 10.0. The lowest BCUT2D eigenvalue weighted by molar-refractivity contribution is -0.144. The third-order valence-corrected chi connectivity index (χ3v) is 5.36. The van der Waals surface area contributed by atoms with Gasteiger partial charge < -0.3 is 9.47 Å². The second kappa shape index (κ2) is 12.0. The number of ether oxygens (including phenoxy) is 2. The van der Waals surface area contributed by atoms with E-state index in [1.165, 1.54) is 0 Å². The molecule has 33 heavy (non-hydrogen) atoms. The summed E-state index contributed by atoms with van der Waals surface area (Å²) in [5.74, 6) is 0.449. The maximum atomic E-state index is 12.7. The number of nitrogens with zero attached hydrogens (tertiary/aromatic N) is 1. The van der Waals surface area contributed by atoms with Crippen molar-refractivity contribution in [1.82, 2.24) is 4.90 Å². The number of carbonyl (C=O) groups excluding carboxylic acids is 2. The van der Waals surface area contributed by atoms with E-state index in [0.29, 0.717) is 36.4 Å². The SMILES string of the molecule is CCOC(=O)CN(C)CCC(Oc1ccc(C(=O)c2ccc(C)cc2)cc1)c1ccccc1. The number of aryl methyl sites for hydroxylation is 1. The van der Waals surface area contributed by atoms with Gasteiger partial charge >= 0.3 is 5.97 Å². The van der Waals surface area contributed by atoms with E-state index >= 15 is 0 Å². The lowest BCUT2D eigenvalue weighted by Crippen LogP contribution is -2.29. The molecule has 0 saturated carbocycles. The monoisotopic (exact) mass is 445 g/mol. The quantitative estimate of drug-likeness (QED) is 0.299. The highest BCUT2D eigenvalue weighted by Gasteiger charge is 2.17. The molecule has 3 aromatic carbocycles. The Kier molecular flexibility index (Phi) is 8.79. The van der Waals surface area contributed by atoms with Gasteiger partial charge in [-0.2, -0.15) is 0 Å². The summed E-state index contributed by atoms with van der Waals surface area (Å²) in [4.78, 5) is 26.4. The fourth-order valence-corrected chi connectivity index (χ4v) is 3.53. The van der Waals surface area contributed by atoms with Gasteiger partial charge in [0.05, 0.1) is 13.2 Å². The first kappa shape index (κ1) is 24.2. The third kappa shape index (κ3) is 7.29. The number of carbonyl (C=O) groups is 2. The molecule has 0 aliphatic carbocycles. The third-order valence-electron chi connectivity index (χ3n) is 5.36. The first-order valence-corrected chi connectivity index (χ1v) is 11.2. The number of hydrogen-bond acceptors (Lipinski definition) is 5. The summed E-state index contributed by atoms with van der Waals surface area (Å²) in [7, 11) is 1.89. The van der Waals surface area contributed by atoms with Gasteiger partial charge in [-0.1, -0.05) is 60.2 Å². The van der Waals surface area contributed by atoms with Crippen LogP contribution in [0.3, 0.4) is 0 Å². The Morgan fingerprint density at radius 1 is 0.879 bits per heavy atom. The van der Waals surface area contributed by atoms with E-state index in [9.17, 15) is 9.59 Å². The molecule has 3 aromatic rings. The highest BCUT2D eigenvalue weighted by Crippen LogP contribution is 2.26. The zero-order valence-corrected chi connectivity index (χ0v) is 19.5. The van der Waals surface area contributed by atoms with E-state index in [4.69, 9.17) is 9.47 Å². The molecule has 0 N–H and O–H groups in total. The molecule has 0 fully saturated rings. The first-order chi connectivity index (χ1) is 16.0. The van der Waals surface area contributed by atoms with E-state index in [1.807, 2.05) is 85.6 Å². The molecule has 5 heteroatoms. The first-order valence-electron chi connectivity index (χ1n) is 11.2. The standard InChI is InChI=1S/C28H31NO4/c1-4-32-27(30)20-29(3)19-18-26(22-8-6-5-7-9-22)33-25-16-14-24(15-17-25)28(31)23-12-10-21(2)11-13-23/h5-17,26H,4,18-20H2,1-3H3. The Morgan fingerprint density at radius 3 is 2.09 bits per heavy atom. The number of likely N-dealkylation sites (N-methyl/N-ethyl adjacent to an activating group) is 1. The van der Waals surface area contributed by atoms with Crippen molar-refractivity contribution in [3.8, 4) is 5.75 Å². The Bertz CT molecular complexity index is 1030. The highest BCUT2D eigenvalue weighted by molar-refractivity contribution is 6.09. The molecular weight excluding hydrogens is 414 g/mol. The van der Waals surface area contributed by atoms with Crippen LogP contribution in [0.25, 0.3) is 0 Å². The molecule has 0 radical (unpaired) electrons. The second-order valence-corrected chi connectivity index (χ2v) is 8.07. The zero-order valence-electron chi connectivity index (χ0n) is 19.5. The molecule has 5 nitrogen and oxygen atoms in total. The number of esters is 1. The van der Waals surface area contributed by atoms with Crippen LogP contribution in [0.2, 0.25) is 0 Å². The number of rotatable bonds is 11. The van der Waals surface area contributed by atoms with Gasteiger partial charge in [-0.15, -0.1) is 0 Å². The van der Waals surface area contributed by atoms with Crippen molar-refractivity contribution in [3.63, 3.8) is 0 Å². The fraction of sp³-hybridized carbons (Fsp3) is 0.286. The Morgan fingerprint density at radius 2 is 1.48 bits per heavy atom. The van der Waals surface area contributed by atoms with Gasteiger partial charge in [-0.3, -0.25) is 14.5 Å². The average Bonchev–Trinajstić information content (AvgIpc) is 2.83. The summed E-state index contributed by atoms with van der Waals surface area (Å²) in [5, 5.41) is 0. The van der Waals surface area contributed by atoms with E-state index in [-0.39, 0.29) is 24.4 Å². The molecule has 1 atom stereocenters. The molecule has 0 aliphatic rings. The second-order valence-electron chi connectivity index (χ2n) is 8.07. The predicted molar refractivity (Wildman–Crippen MR) is 130 cm³/mol. The van der Waals surface area contributed by atoms with Crippen molar-refractivity contribution in [1.29, 1.82) is 0 Å². The molecule has 0 amide bonds. The summed E-state index contributed by atoms with van der Waals surface area (Å²) in [6.07, 6.45) is 0.513. The Hall–Kier alpha value is -3.44. The van der Waals surface area contributed by atoms with Crippen LogP contribution in [0.1, 0.15) is 46.5 Å². The van der Waals surface area contributed by atoms with E-state index in [1.54, 1.807) is 19.1 Å². The normalized spacial score (nSPS) is 11.8. The van der Waals surface area contributed by atoms with Gasteiger partial charge in [0.15, 0.2) is 5.78 Å². The molecule has 0 spiro atoms. The fourth-order valence-electron chi connectivity index (χ4n) is 3.53. The van der Waals surface area contributed by atoms with Crippen molar-refractivity contribution in [2.45, 2.75) is 26.4 Å². The predicted octanol–water partition coefficient (Wildman–Crippen LogP) is 5.23. The summed E-state index contributed by atoms with van der Waals surface area (Å²) in [6, 6.07) is 24.8. The average molecular weight is 446 g/mol. The summed E-state index contributed by atoms with van der Waals surface area (Å²) in [5.41, 5.74) is 3.47. The minimum atomic E-state index is -0.231. The van der Waals surface area contributed by atoms with Crippen molar-refractivity contribution in [2.24, 2.45) is 0 Å². The van der Waals surface area contributed by atoms with Gasteiger partial charge in [-0.25, -0.2) is 0 Å². The van der Waals surface area contributed by atoms with Crippen LogP contribution in [-0.2, 0) is 9.53 Å². The maximum absolute atomic E-state index is 12.7. The van der Waals surface area contributed by atoms with Gasteiger partial charge in [0, 0.05) is 24.1 Å². The smallest absolute Gasteiger partial charge is 0.320 e.